The van der Waals surface area contributed by atoms with Crippen LogP contribution in [-0.4, -0.2) is 5.78 Å². The molecule has 1 aliphatic carbocycles. The van der Waals surface area contributed by atoms with Gasteiger partial charge in [0.05, 0.1) is 0 Å². The zero-order chi connectivity index (χ0) is 6.53. The molecule has 0 aliphatic heterocycles. The summed E-state index contributed by atoms with van der Waals surface area (Å²) in [6.45, 7) is 0. The second kappa shape index (κ2) is 15.2. The molecule has 13 heavy (non-hydrogen) atoms. The van der Waals surface area contributed by atoms with Gasteiger partial charge in [0.25, 0.3) is 0 Å². The van der Waals surface area contributed by atoms with Crippen molar-refractivity contribution < 1.29 is 62.1 Å². The molecule has 0 spiro atoms. The molecule has 0 saturated carbocycles. The number of hydrogen-bond donors (Lipinski definition) is 0. The fourth-order valence-electron chi connectivity index (χ4n) is 0.808. The fraction of sp³-hybridized carbons (Fsp3) is 0.375. The molecule has 5 heteroatoms. The molecule has 0 fully saturated rings. The Morgan fingerprint density at radius 1 is 0.923 bits per heavy atom. The van der Waals surface area contributed by atoms with Crippen molar-refractivity contribution in [3.05, 3.63) is 24.3 Å². The first-order chi connectivity index (χ1) is 4.39. The molecule has 0 saturated heterocycles. The summed E-state index contributed by atoms with van der Waals surface area (Å²) < 4.78 is 0. The second-order valence-corrected chi connectivity index (χ2v) is 2.14. The van der Waals surface area contributed by atoms with E-state index in [4.69, 9.17) is 0 Å². The van der Waals surface area contributed by atoms with Gasteiger partial charge < -0.3 is 37.2 Å². The molecule has 0 bridgehead atoms. The minimum atomic E-state index is 0. The first-order valence-corrected chi connectivity index (χ1v) is 3.26. The number of carbonyl (C=O) groups excluding carboxylic acids is 1. The van der Waals surface area contributed by atoms with Gasteiger partial charge in [-0.05, 0) is 31.4 Å². The maximum absolute atomic E-state index is 10.7. The van der Waals surface area contributed by atoms with Gasteiger partial charge in [-0.1, -0.05) is 12.2 Å². The van der Waals surface area contributed by atoms with E-state index in [0.29, 0.717) is 0 Å². The Balaban J connectivity index is -0.000000101. The van der Waals surface area contributed by atoms with E-state index >= 15 is 0 Å². The zero-order valence-corrected chi connectivity index (χ0v) is 11.5. The summed E-state index contributed by atoms with van der Waals surface area (Å²) in [6.07, 6.45) is 10.4. The van der Waals surface area contributed by atoms with Crippen LogP contribution in [0.1, 0.15) is 19.3 Å². The average molecular weight is 421 g/mol. The number of halogens is 3. The first kappa shape index (κ1) is 23.5. The van der Waals surface area contributed by atoms with E-state index in [1.807, 2.05) is 12.2 Å². The molecule has 0 atom stereocenters. The van der Waals surface area contributed by atoms with Gasteiger partial charge >= 0.3 is 20.1 Å². The Bertz CT molecular complexity index is 153. The Kier molecular flexibility index (Phi) is 27.4. The predicted octanol–water partition coefficient (Wildman–Crippen LogP) is -7.14. The Labute approximate surface area is 111 Å². The van der Waals surface area contributed by atoms with Gasteiger partial charge in [-0.25, -0.2) is 0 Å². The van der Waals surface area contributed by atoms with E-state index in [1.54, 1.807) is 12.2 Å². The third kappa shape index (κ3) is 12.7. The third-order valence-corrected chi connectivity index (χ3v) is 1.31. The van der Waals surface area contributed by atoms with Gasteiger partial charge in [-0.2, -0.15) is 0 Å². The first-order valence-electron chi connectivity index (χ1n) is 3.26. The second-order valence-electron chi connectivity index (χ2n) is 2.14. The van der Waals surface area contributed by atoms with Crippen molar-refractivity contribution in [1.29, 1.82) is 0 Å². The van der Waals surface area contributed by atoms with Gasteiger partial charge in [0.15, 0.2) is 5.78 Å². The zero-order valence-electron chi connectivity index (χ0n) is 6.81. The van der Waals surface area contributed by atoms with Crippen LogP contribution in [0.25, 0.3) is 0 Å². The average Bonchev–Trinajstić information content (AvgIpc) is 1.79. The van der Waals surface area contributed by atoms with Crippen LogP contribution in [0.5, 0.6) is 0 Å². The van der Waals surface area contributed by atoms with Gasteiger partial charge in [-0.3, -0.25) is 4.79 Å². The molecule has 1 rings (SSSR count). The predicted molar refractivity (Wildman–Crippen MR) is 37.1 cm³/mol. The van der Waals surface area contributed by atoms with Crippen molar-refractivity contribution in [2.24, 2.45) is 0 Å². The van der Waals surface area contributed by atoms with Crippen molar-refractivity contribution >= 4 is 5.78 Å². The maximum atomic E-state index is 10.7. The van der Waals surface area contributed by atoms with E-state index in [2.05, 4.69) is 0 Å². The van der Waals surface area contributed by atoms with E-state index in [1.165, 1.54) is 6.42 Å². The van der Waals surface area contributed by atoms with Crippen LogP contribution in [0.15, 0.2) is 24.3 Å². The van der Waals surface area contributed by atoms with Crippen molar-refractivity contribution in [3.8, 4) is 0 Å². The van der Waals surface area contributed by atoms with Crippen LogP contribution in [0, 0.1) is 0 Å². The molecular weight excluding hydrogens is 411 g/mol. The molecule has 1 aliphatic rings. The van der Waals surface area contributed by atoms with Crippen LogP contribution in [0.2, 0.25) is 0 Å². The SMILES string of the molecule is O=C1C=CCCCC=C1.[Cl-].[Cl-].[Cl-].[Ir+3]. The third-order valence-electron chi connectivity index (χ3n) is 1.31. The molecule has 0 aromatic rings. The minimum absolute atomic E-state index is 0. The van der Waals surface area contributed by atoms with E-state index < -0.39 is 0 Å². The van der Waals surface area contributed by atoms with Crippen molar-refractivity contribution in [1.82, 2.24) is 0 Å². The molecule has 0 aromatic heterocycles. The van der Waals surface area contributed by atoms with Crippen molar-refractivity contribution in [3.63, 3.8) is 0 Å². The molecule has 0 radical (unpaired) electrons. The van der Waals surface area contributed by atoms with E-state index in [0.717, 1.165) is 12.8 Å². The largest absolute Gasteiger partial charge is 3.00 e. The van der Waals surface area contributed by atoms with Crippen LogP contribution >= 0.6 is 0 Å². The molecule has 0 heterocycles. The summed E-state index contributed by atoms with van der Waals surface area (Å²) in [4.78, 5) is 10.7. The normalized spacial score (nSPS) is 13.4. The number of ketones is 1. The summed E-state index contributed by atoms with van der Waals surface area (Å²) in [5.41, 5.74) is 0. The summed E-state index contributed by atoms with van der Waals surface area (Å²) in [6, 6.07) is 0. The van der Waals surface area contributed by atoms with E-state index in [-0.39, 0.29) is 63.1 Å². The van der Waals surface area contributed by atoms with Crippen LogP contribution in [-0.2, 0) is 24.9 Å². The maximum Gasteiger partial charge on any atom is 3.00 e. The smallest absolute Gasteiger partial charge is 1.00 e. The minimum Gasteiger partial charge on any atom is -1.00 e. The molecule has 78 valence electrons. The van der Waals surface area contributed by atoms with E-state index in [9.17, 15) is 4.79 Å². The molecule has 0 amide bonds. The Hall–Kier alpha value is 0.669. The number of carbonyl (C=O) groups is 1. The topological polar surface area (TPSA) is 17.1 Å². The quantitative estimate of drug-likeness (QED) is 0.381. The van der Waals surface area contributed by atoms with Crippen LogP contribution in [0.3, 0.4) is 0 Å². The van der Waals surface area contributed by atoms with Crippen molar-refractivity contribution in [2.75, 3.05) is 0 Å². The molecule has 0 aromatic carbocycles. The number of allylic oxidation sites excluding steroid dienone is 4. The molecule has 1 nitrogen and oxygen atoms in total. The van der Waals surface area contributed by atoms with Crippen LogP contribution < -0.4 is 37.2 Å². The number of hydrogen-bond acceptors (Lipinski definition) is 1. The monoisotopic (exact) mass is 420 g/mol. The summed E-state index contributed by atoms with van der Waals surface area (Å²) in [5, 5.41) is 0. The summed E-state index contributed by atoms with van der Waals surface area (Å²) in [7, 11) is 0. The summed E-state index contributed by atoms with van der Waals surface area (Å²) >= 11 is 0. The van der Waals surface area contributed by atoms with Gasteiger partial charge in [0, 0.05) is 0 Å². The fourth-order valence-corrected chi connectivity index (χ4v) is 0.808. The standard InChI is InChI=1S/C8H10O.3ClH.Ir/c9-8-6-4-2-1-3-5-7-8;;;;/h4-7H,1-3H2;3*1H;/q;;;;+3/p-3. The Morgan fingerprint density at radius 3 is 1.69 bits per heavy atom. The summed E-state index contributed by atoms with van der Waals surface area (Å²) in [5.74, 6) is 0.120. The van der Waals surface area contributed by atoms with Gasteiger partial charge in [-0.15, -0.1) is 0 Å². The Morgan fingerprint density at radius 2 is 1.31 bits per heavy atom. The van der Waals surface area contributed by atoms with Gasteiger partial charge in [0.2, 0.25) is 0 Å². The number of rotatable bonds is 0. The van der Waals surface area contributed by atoms with Crippen LogP contribution in [0.4, 0.5) is 0 Å². The molecule has 0 unspecified atom stereocenters. The van der Waals surface area contributed by atoms with Gasteiger partial charge in [0.1, 0.15) is 0 Å². The van der Waals surface area contributed by atoms with Crippen molar-refractivity contribution in [2.45, 2.75) is 19.3 Å². The molecular formula is C8H10Cl3IrO. The molecule has 0 N–H and O–H groups in total.